The molecule has 3 N–H and O–H groups in total. The third-order valence-corrected chi connectivity index (χ3v) is 4.26. The van der Waals surface area contributed by atoms with Gasteiger partial charge in [-0.25, -0.2) is 0 Å². The van der Waals surface area contributed by atoms with Crippen LogP contribution in [0.25, 0.3) is 0 Å². The first kappa shape index (κ1) is 11.1. The van der Waals surface area contributed by atoms with Crippen LogP contribution in [0.1, 0.15) is 36.8 Å². The van der Waals surface area contributed by atoms with Crippen molar-refractivity contribution in [2.24, 2.45) is 5.73 Å². The van der Waals surface area contributed by atoms with Gasteiger partial charge in [-0.05, 0) is 41.7 Å². The van der Waals surface area contributed by atoms with Crippen molar-refractivity contribution in [1.82, 2.24) is 5.32 Å². The van der Waals surface area contributed by atoms with E-state index in [0.717, 1.165) is 13.1 Å². The Kier molecular flexibility index (Phi) is 3.44. The Hall–Kier alpha value is -0.380. The molecule has 1 fully saturated rings. The van der Waals surface area contributed by atoms with E-state index in [1.165, 1.54) is 36.8 Å². The molecule has 0 aromatic carbocycles. The molecule has 1 aliphatic rings. The van der Waals surface area contributed by atoms with Crippen molar-refractivity contribution in [3.05, 3.63) is 21.9 Å². The summed E-state index contributed by atoms with van der Waals surface area (Å²) in [6, 6.07) is 0. The summed E-state index contributed by atoms with van der Waals surface area (Å²) in [5, 5.41) is 7.91. The van der Waals surface area contributed by atoms with Gasteiger partial charge in [0.2, 0.25) is 0 Å². The fourth-order valence-corrected chi connectivity index (χ4v) is 3.13. The van der Waals surface area contributed by atoms with Gasteiger partial charge in [0.1, 0.15) is 0 Å². The Labute approximate surface area is 95.9 Å². The Balaban J connectivity index is 1.77. The van der Waals surface area contributed by atoms with Gasteiger partial charge in [-0.3, -0.25) is 0 Å². The minimum absolute atomic E-state index is 0.0733. The van der Waals surface area contributed by atoms with E-state index in [1.807, 2.05) is 0 Å². The lowest BCUT2D eigenvalue weighted by molar-refractivity contribution is 0.404. The molecule has 0 spiro atoms. The SMILES string of the molecule is Cc1cscc1CNCC1(N)CCCC1. The summed E-state index contributed by atoms with van der Waals surface area (Å²) < 4.78 is 0. The zero-order valence-corrected chi connectivity index (χ0v) is 10.2. The standard InChI is InChI=1S/C12H20N2S/c1-10-7-15-8-11(10)6-14-9-12(13)4-2-3-5-12/h7-8,14H,2-6,9,13H2,1H3. The highest BCUT2D eigenvalue weighted by Gasteiger charge is 2.28. The van der Waals surface area contributed by atoms with Crippen LogP contribution in [0.5, 0.6) is 0 Å². The minimum atomic E-state index is 0.0733. The van der Waals surface area contributed by atoms with Crippen molar-refractivity contribution >= 4 is 11.3 Å². The molecule has 0 aliphatic heterocycles. The van der Waals surface area contributed by atoms with Crippen LogP contribution in [-0.2, 0) is 6.54 Å². The zero-order chi connectivity index (χ0) is 10.7. The van der Waals surface area contributed by atoms with Gasteiger partial charge < -0.3 is 11.1 Å². The quantitative estimate of drug-likeness (QED) is 0.824. The second-order valence-electron chi connectivity index (χ2n) is 4.75. The van der Waals surface area contributed by atoms with E-state index in [4.69, 9.17) is 5.73 Å². The van der Waals surface area contributed by atoms with Crippen LogP contribution in [-0.4, -0.2) is 12.1 Å². The first-order valence-corrected chi connectivity index (χ1v) is 6.65. The van der Waals surface area contributed by atoms with E-state index < -0.39 is 0 Å². The van der Waals surface area contributed by atoms with Crippen molar-refractivity contribution in [3.8, 4) is 0 Å². The number of nitrogens with one attached hydrogen (secondary N) is 1. The van der Waals surface area contributed by atoms with Gasteiger partial charge in [0, 0.05) is 18.6 Å². The van der Waals surface area contributed by atoms with Gasteiger partial charge in [-0.2, -0.15) is 11.3 Å². The Morgan fingerprint density at radius 1 is 1.40 bits per heavy atom. The van der Waals surface area contributed by atoms with Gasteiger partial charge in [0.05, 0.1) is 0 Å². The zero-order valence-electron chi connectivity index (χ0n) is 9.38. The van der Waals surface area contributed by atoms with Crippen molar-refractivity contribution in [3.63, 3.8) is 0 Å². The molecule has 0 radical (unpaired) electrons. The number of hydrogen-bond donors (Lipinski definition) is 2. The third kappa shape index (κ3) is 2.80. The van der Waals surface area contributed by atoms with Gasteiger partial charge in [0.25, 0.3) is 0 Å². The van der Waals surface area contributed by atoms with E-state index in [-0.39, 0.29) is 5.54 Å². The highest BCUT2D eigenvalue weighted by atomic mass is 32.1. The predicted molar refractivity (Wildman–Crippen MR) is 66.1 cm³/mol. The molecule has 3 heteroatoms. The maximum absolute atomic E-state index is 6.28. The van der Waals surface area contributed by atoms with Gasteiger partial charge in [0.15, 0.2) is 0 Å². The molecular formula is C12H20N2S. The number of aryl methyl sites for hydroxylation is 1. The van der Waals surface area contributed by atoms with Gasteiger partial charge in [-0.1, -0.05) is 12.8 Å². The van der Waals surface area contributed by atoms with Crippen molar-refractivity contribution in [2.75, 3.05) is 6.54 Å². The summed E-state index contributed by atoms with van der Waals surface area (Å²) in [6.07, 6.45) is 4.97. The molecule has 84 valence electrons. The van der Waals surface area contributed by atoms with Crippen molar-refractivity contribution in [2.45, 2.75) is 44.7 Å². The molecule has 1 aromatic heterocycles. The average molecular weight is 224 g/mol. The Morgan fingerprint density at radius 3 is 2.73 bits per heavy atom. The summed E-state index contributed by atoms with van der Waals surface area (Å²) in [5.74, 6) is 0. The first-order valence-electron chi connectivity index (χ1n) is 5.71. The van der Waals surface area contributed by atoms with E-state index in [1.54, 1.807) is 11.3 Å². The molecule has 15 heavy (non-hydrogen) atoms. The van der Waals surface area contributed by atoms with E-state index in [2.05, 4.69) is 23.0 Å². The van der Waals surface area contributed by atoms with E-state index in [0.29, 0.717) is 0 Å². The molecule has 0 atom stereocenters. The van der Waals surface area contributed by atoms with Gasteiger partial charge >= 0.3 is 0 Å². The lowest BCUT2D eigenvalue weighted by Crippen LogP contribution is -2.46. The van der Waals surface area contributed by atoms with Crippen molar-refractivity contribution in [1.29, 1.82) is 0 Å². The van der Waals surface area contributed by atoms with Crippen LogP contribution in [0.3, 0.4) is 0 Å². The van der Waals surface area contributed by atoms with E-state index in [9.17, 15) is 0 Å². The lowest BCUT2D eigenvalue weighted by Gasteiger charge is -2.23. The molecule has 1 heterocycles. The van der Waals surface area contributed by atoms with Crippen LogP contribution in [0.4, 0.5) is 0 Å². The topological polar surface area (TPSA) is 38.0 Å². The summed E-state index contributed by atoms with van der Waals surface area (Å²) in [4.78, 5) is 0. The number of hydrogen-bond acceptors (Lipinski definition) is 3. The first-order chi connectivity index (χ1) is 7.20. The average Bonchev–Trinajstić information content (AvgIpc) is 2.78. The fourth-order valence-electron chi connectivity index (χ4n) is 2.27. The summed E-state index contributed by atoms with van der Waals surface area (Å²) in [6.45, 7) is 4.10. The Bertz CT molecular complexity index is 313. The predicted octanol–water partition coefficient (Wildman–Crippen LogP) is 2.42. The van der Waals surface area contributed by atoms with Crippen LogP contribution in [0, 0.1) is 6.92 Å². The Morgan fingerprint density at radius 2 is 2.13 bits per heavy atom. The summed E-state index contributed by atoms with van der Waals surface area (Å²) in [7, 11) is 0. The number of rotatable bonds is 4. The maximum atomic E-state index is 6.28. The molecule has 0 unspecified atom stereocenters. The van der Waals surface area contributed by atoms with Crippen LogP contribution >= 0.6 is 11.3 Å². The monoisotopic (exact) mass is 224 g/mol. The molecule has 2 rings (SSSR count). The molecule has 1 saturated carbocycles. The highest BCUT2D eigenvalue weighted by Crippen LogP contribution is 2.26. The lowest BCUT2D eigenvalue weighted by atomic mass is 9.99. The third-order valence-electron chi connectivity index (χ3n) is 3.35. The molecule has 0 bridgehead atoms. The molecule has 0 saturated heterocycles. The second-order valence-corrected chi connectivity index (χ2v) is 5.50. The summed E-state index contributed by atoms with van der Waals surface area (Å²) in [5.41, 5.74) is 9.16. The normalized spacial score (nSPS) is 19.6. The van der Waals surface area contributed by atoms with Crippen LogP contribution in [0.2, 0.25) is 0 Å². The molecule has 2 nitrogen and oxygen atoms in total. The maximum Gasteiger partial charge on any atom is 0.0280 e. The molecule has 1 aromatic rings. The highest BCUT2D eigenvalue weighted by molar-refractivity contribution is 7.08. The van der Waals surface area contributed by atoms with Crippen LogP contribution in [0.15, 0.2) is 10.8 Å². The van der Waals surface area contributed by atoms with Gasteiger partial charge in [-0.15, -0.1) is 0 Å². The summed E-state index contributed by atoms with van der Waals surface area (Å²) >= 11 is 1.78. The van der Waals surface area contributed by atoms with Crippen molar-refractivity contribution < 1.29 is 0 Å². The molecular weight excluding hydrogens is 204 g/mol. The molecule has 1 aliphatic carbocycles. The minimum Gasteiger partial charge on any atom is -0.324 e. The fraction of sp³-hybridized carbons (Fsp3) is 0.667. The smallest absolute Gasteiger partial charge is 0.0280 e. The largest absolute Gasteiger partial charge is 0.324 e. The number of nitrogens with two attached hydrogens (primary N) is 1. The number of thiophene rings is 1. The van der Waals surface area contributed by atoms with Crippen LogP contribution < -0.4 is 11.1 Å². The molecule has 0 amide bonds. The second kappa shape index (κ2) is 4.64. The van der Waals surface area contributed by atoms with E-state index >= 15 is 0 Å².